The number of pyridine rings is 1. The Labute approximate surface area is 205 Å². The number of rotatable bonds is 9. The summed E-state index contributed by atoms with van der Waals surface area (Å²) in [4.78, 5) is 29.7. The molecule has 184 valence electrons. The molecule has 0 aliphatic heterocycles. The maximum Gasteiger partial charge on any atom is 0.269 e. The molecule has 35 heavy (non-hydrogen) atoms. The second-order valence-corrected chi connectivity index (χ2v) is 9.48. The number of fused-ring (bicyclic) bond motifs is 1. The summed E-state index contributed by atoms with van der Waals surface area (Å²) in [5, 5.41) is 18.7. The highest BCUT2D eigenvalue weighted by Gasteiger charge is 2.23. The van der Waals surface area contributed by atoms with E-state index < -0.39 is 4.92 Å². The Morgan fingerprint density at radius 3 is 2.43 bits per heavy atom. The third-order valence-electron chi connectivity index (χ3n) is 6.64. The summed E-state index contributed by atoms with van der Waals surface area (Å²) >= 11 is 0. The van der Waals surface area contributed by atoms with Gasteiger partial charge in [-0.2, -0.15) is 0 Å². The molecule has 1 aliphatic rings. The number of amides is 1. The molecule has 0 atom stereocenters. The smallest absolute Gasteiger partial charge is 0.269 e. The molecule has 8 nitrogen and oxygen atoms in total. The van der Waals surface area contributed by atoms with E-state index in [1.54, 1.807) is 12.1 Å². The van der Waals surface area contributed by atoms with Crippen molar-refractivity contribution < 1.29 is 9.72 Å². The molecule has 1 fully saturated rings. The van der Waals surface area contributed by atoms with Crippen LogP contribution in [0, 0.1) is 10.1 Å². The highest BCUT2D eigenvalue weighted by atomic mass is 16.6. The largest absolute Gasteiger partial charge is 0.377 e. The number of carbonyl (C=O) groups is 1. The lowest BCUT2D eigenvalue weighted by Crippen LogP contribution is -2.40. The molecule has 0 spiro atoms. The third-order valence-corrected chi connectivity index (χ3v) is 6.64. The van der Waals surface area contributed by atoms with Gasteiger partial charge in [0.15, 0.2) is 0 Å². The summed E-state index contributed by atoms with van der Waals surface area (Å²) < 4.78 is 0. The second kappa shape index (κ2) is 11.2. The number of nitro benzene ring substituents is 1. The molecule has 4 rings (SSSR count). The SMILES string of the molecule is CN(C)c1cc(N[C@H]2CC[C@@H](NC(=O)CCCc3ccc([N+](=O)[O-])cc3)CC2)nc2ccccc12. The van der Waals surface area contributed by atoms with E-state index in [9.17, 15) is 14.9 Å². The van der Waals surface area contributed by atoms with Crippen LogP contribution in [-0.2, 0) is 11.2 Å². The maximum atomic E-state index is 12.4. The summed E-state index contributed by atoms with van der Waals surface area (Å²) in [6, 6.07) is 17.4. The lowest BCUT2D eigenvalue weighted by molar-refractivity contribution is -0.384. The fourth-order valence-electron chi connectivity index (χ4n) is 4.73. The van der Waals surface area contributed by atoms with Crippen LogP contribution in [0.25, 0.3) is 10.9 Å². The van der Waals surface area contributed by atoms with E-state index in [-0.39, 0.29) is 17.6 Å². The minimum absolute atomic E-state index is 0.0788. The van der Waals surface area contributed by atoms with Gasteiger partial charge in [-0.1, -0.05) is 30.3 Å². The maximum absolute atomic E-state index is 12.4. The minimum atomic E-state index is -0.402. The number of benzene rings is 2. The van der Waals surface area contributed by atoms with Crippen LogP contribution in [0.1, 0.15) is 44.1 Å². The summed E-state index contributed by atoms with van der Waals surface area (Å²) in [7, 11) is 4.09. The van der Waals surface area contributed by atoms with Crippen molar-refractivity contribution in [2.24, 2.45) is 0 Å². The van der Waals surface area contributed by atoms with Gasteiger partial charge in [-0.25, -0.2) is 4.98 Å². The Kier molecular flexibility index (Phi) is 7.80. The second-order valence-electron chi connectivity index (χ2n) is 9.48. The van der Waals surface area contributed by atoms with Gasteiger partial charge >= 0.3 is 0 Å². The van der Waals surface area contributed by atoms with Crippen molar-refractivity contribution in [2.45, 2.75) is 57.0 Å². The van der Waals surface area contributed by atoms with Crippen molar-refractivity contribution in [3.8, 4) is 0 Å². The summed E-state index contributed by atoms with van der Waals surface area (Å²) in [6.45, 7) is 0. The zero-order valence-corrected chi connectivity index (χ0v) is 20.4. The molecule has 1 aromatic heterocycles. The average molecular weight is 476 g/mol. The van der Waals surface area contributed by atoms with Gasteiger partial charge in [0, 0.05) is 61.9 Å². The van der Waals surface area contributed by atoms with Gasteiger partial charge in [-0.3, -0.25) is 14.9 Å². The molecule has 3 aromatic rings. The van der Waals surface area contributed by atoms with Gasteiger partial charge in [0.05, 0.1) is 10.4 Å². The quantitative estimate of drug-likeness (QED) is 0.331. The van der Waals surface area contributed by atoms with Crippen LogP contribution in [0.15, 0.2) is 54.6 Å². The van der Waals surface area contributed by atoms with E-state index in [2.05, 4.69) is 27.7 Å². The number of carbonyl (C=O) groups excluding carboxylic acids is 1. The van der Waals surface area contributed by atoms with E-state index in [1.807, 2.05) is 32.3 Å². The van der Waals surface area contributed by atoms with E-state index >= 15 is 0 Å². The molecule has 0 unspecified atom stereocenters. The first-order chi connectivity index (χ1) is 16.9. The molecule has 1 aliphatic carbocycles. The van der Waals surface area contributed by atoms with Gasteiger partial charge in [0.25, 0.3) is 5.69 Å². The predicted octanol–water partition coefficient (Wildman–Crippen LogP) is 5.07. The number of anilines is 2. The Bertz CT molecular complexity index is 1170. The zero-order chi connectivity index (χ0) is 24.8. The molecule has 1 amide bonds. The Balaban J connectivity index is 1.22. The van der Waals surface area contributed by atoms with Crippen molar-refractivity contribution in [3.05, 3.63) is 70.3 Å². The molecule has 0 saturated heterocycles. The fourth-order valence-corrected chi connectivity index (χ4v) is 4.73. The third kappa shape index (κ3) is 6.47. The number of hydrogen-bond acceptors (Lipinski definition) is 6. The summed E-state index contributed by atoms with van der Waals surface area (Å²) in [5.74, 6) is 0.973. The van der Waals surface area contributed by atoms with Gasteiger partial charge in [0.2, 0.25) is 5.91 Å². The van der Waals surface area contributed by atoms with Gasteiger partial charge < -0.3 is 15.5 Å². The summed E-state index contributed by atoms with van der Waals surface area (Å²) in [5.41, 5.74) is 3.23. The molecule has 2 aromatic carbocycles. The van der Waals surface area contributed by atoms with Crippen LogP contribution in [0.3, 0.4) is 0 Å². The van der Waals surface area contributed by atoms with Crippen LogP contribution in [0.4, 0.5) is 17.2 Å². The highest BCUT2D eigenvalue weighted by molar-refractivity contribution is 5.93. The molecule has 0 bridgehead atoms. The van der Waals surface area contributed by atoms with Crippen LogP contribution in [0.2, 0.25) is 0 Å². The van der Waals surface area contributed by atoms with Crippen molar-refractivity contribution in [2.75, 3.05) is 24.3 Å². The molecule has 0 radical (unpaired) electrons. The van der Waals surface area contributed by atoms with Crippen molar-refractivity contribution in [1.29, 1.82) is 0 Å². The summed E-state index contributed by atoms with van der Waals surface area (Å²) in [6.07, 6.45) is 5.78. The Morgan fingerprint density at radius 2 is 1.74 bits per heavy atom. The van der Waals surface area contributed by atoms with E-state index in [0.717, 1.165) is 66.5 Å². The molecule has 2 N–H and O–H groups in total. The number of non-ortho nitro benzene ring substituents is 1. The van der Waals surface area contributed by atoms with Crippen LogP contribution in [0.5, 0.6) is 0 Å². The van der Waals surface area contributed by atoms with Crippen LogP contribution in [-0.4, -0.2) is 42.0 Å². The molecule has 1 saturated carbocycles. The Hall–Kier alpha value is -3.68. The fraction of sp³-hybridized carbons (Fsp3) is 0.407. The van der Waals surface area contributed by atoms with E-state index in [4.69, 9.17) is 4.98 Å². The Morgan fingerprint density at radius 1 is 1.06 bits per heavy atom. The van der Waals surface area contributed by atoms with Crippen molar-refractivity contribution in [3.63, 3.8) is 0 Å². The van der Waals surface area contributed by atoms with Crippen LogP contribution >= 0.6 is 0 Å². The highest BCUT2D eigenvalue weighted by Crippen LogP contribution is 2.29. The minimum Gasteiger partial charge on any atom is -0.377 e. The van der Waals surface area contributed by atoms with Gasteiger partial charge in [-0.15, -0.1) is 0 Å². The normalized spacial score (nSPS) is 17.7. The van der Waals surface area contributed by atoms with Gasteiger partial charge in [-0.05, 0) is 50.2 Å². The number of nitrogens with zero attached hydrogens (tertiary/aromatic N) is 3. The van der Waals surface area contributed by atoms with E-state index in [0.29, 0.717) is 12.5 Å². The number of aromatic nitrogens is 1. The zero-order valence-electron chi connectivity index (χ0n) is 20.4. The lowest BCUT2D eigenvalue weighted by Gasteiger charge is -2.30. The molecule has 1 heterocycles. The number of nitro groups is 1. The molecular formula is C27H33N5O3. The van der Waals surface area contributed by atoms with Crippen LogP contribution < -0.4 is 15.5 Å². The number of aryl methyl sites for hydroxylation is 1. The van der Waals surface area contributed by atoms with Gasteiger partial charge in [0.1, 0.15) is 5.82 Å². The number of para-hydroxylation sites is 1. The monoisotopic (exact) mass is 475 g/mol. The number of hydrogen-bond donors (Lipinski definition) is 2. The van der Waals surface area contributed by atoms with Crippen molar-refractivity contribution >= 4 is 34.0 Å². The topological polar surface area (TPSA) is 100 Å². The predicted molar refractivity (Wildman–Crippen MR) is 140 cm³/mol. The first-order valence-electron chi connectivity index (χ1n) is 12.3. The first-order valence-corrected chi connectivity index (χ1v) is 12.3. The van der Waals surface area contributed by atoms with E-state index in [1.165, 1.54) is 12.1 Å². The molecular weight excluding hydrogens is 442 g/mol. The first kappa shape index (κ1) is 24.4. The molecule has 8 heteroatoms. The standard InChI is InChI=1S/C27H33N5O3/c1-31(2)25-18-26(30-24-8-4-3-7-23(24)25)28-20-12-14-21(15-13-20)29-27(33)9-5-6-19-10-16-22(17-11-19)32(34)35/h3-4,7-8,10-11,16-18,20-21H,5-6,9,12-15H2,1-2H3,(H,28,30)(H,29,33)/t20-,21+. The lowest BCUT2D eigenvalue weighted by atomic mass is 9.91. The number of nitrogens with one attached hydrogen (secondary N) is 2. The van der Waals surface area contributed by atoms with Crippen molar-refractivity contribution in [1.82, 2.24) is 10.3 Å². The average Bonchev–Trinajstić information content (AvgIpc) is 2.85.